The molecule has 0 radical (unpaired) electrons. The highest BCUT2D eigenvalue weighted by atomic mass is 19.3. The van der Waals surface area contributed by atoms with Crippen molar-refractivity contribution < 1.29 is 54.4 Å². The highest BCUT2D eigenvalue weighted by Crippen LogP contribution is 2.38. The summed E-state index contributed by atoms with van der Waals surface area (Å²) in [5.74, 6) is -7.96. The van der Waals surface area contributed by atoms with Gasteiger partial charge in [-0.2, -0.15) is 8.78 Å². The van der Waals surface area contributed by atoms with Gasteiger partial charge in [0.1, 0.15) is 22.9 Å². The monoisotopic (exact) mass is 628 g/mol. The van der Waals surface area contributed by atoms with E-state index in [-0.39, 0.29) is 41.9 Å². The first-order valence-corrected chi connectivity index (χ1v) is 14.3. The minimum absolute atomic E-state index is 0.0384. The molecule has 2 heterocycles. The zero-order valence-corrected chi connectivity index (χ0v) is 23.8. The number of hydrogen-bond donors (Lipinski definition) is 0. The average molecular weight is 629 g/mol. The molecule has 0 aliphatic carbocycles. The van der Waals surface area contributed by atoms with Crippen LogP contribution in [0.15, 0.2) is 48.5 Å². The van der Waals surface area contributed by atoms with Crippen molar-refractivity contribution in [3.8, 4) is 5.75 Å². The van der Waals surface area contributed by atoms with Crippen molar-refractivity contribution in [2.45, 2.75) is 57.2 Å². The molecular formula is C32H31F7O5. The van der Waals surface area contributed by atoms with Crippen molar-refractivity contribution in [3.05, 3.63) is 99.9 Å². The van der Waals surface area contributed by atoms with Crippen LogP contribution >= 0.6 is 0 Å². The molecule has 0 bridgehead atoms. The van der Waals surface area contributed by atoms with Crippen molar-refractivity contribution in [2.75, 3.05) is 26.4 Å². The van der Waals surface area contributed by atoms with Crippen LogP contribution in [0.3, 0.4) is 0 Å². The van der Waals surface area contributed by atoms with Gasteiger partial charge in [0.05, 0.1) is 26.4 Å². The zero-order valence-electron chi connectivity index (χ0n) is 23.8. The third kappa shape index (κ3) is 7.36. The summed E-state index contributed by atoms with van der Waals surface area (Å²) in [7, 11) is 0. The summed E-state index contributed by atoms with van der Waals surface area (Å²) in [5.41, 5.74) is -1.04. The van der Waals surface area contributed by atoms with Crippen LogP contribution in [0.1, 0.15) is 73.4 Å². The highest BCUT2D eigenvalue weighted by Gasteiger charge is 2.42. The standard InChI is InChI=1S/C32H31F7O5/c1-2-3-4-5-18-14-40-30(41-15-18)20-10-24(33)28(25(34)11-20)32(38,39)44-23-8-6-19(7-9-23)22-16-42-31(43-17-22)21-12-26(35)29(37)27(36)13-21/h6-13,18,22,30-31H,2-5,14-17H2,1H3. The lowest BCUT2D eigenvalue weighted by Gasteiger charge is -2.30. The van der Waals surface area contributed by atoms with E-state index in [9.17, 15) is 30.7 Å². The summed E-state index contributed by atoms with van der Waals surface area (Å²) < 4.78 is 127. The van der Waals surface area contributed by atoms with Gasteiger partial charge in [0.15, 0.2) is 30.0 Å². The lowest BCUT2D eigenvalue weighted by molar-refractivity contribution is -0.206. The predicted octanol–water partition coefficient (Wildman–Crippen LogP) is 8.58. The van der Waals surface area contributed by atoms with E-state index in [4.69, 9.17) is 23.7 Å². The summed E-state index contributed by atoms with van der Waals surface area (Å²) in [6.07, 6.45) is -2.48. The molecule has 44 heavy (non-hydrogen) atoms. The van der Waals surface area contributed by atoms with Crippen molar-refractivity contribution in [3.63, 3.8) is 0 Å². The molecule has 0 atom stereocenters. The molecule has 2 fully saturated rings. The van der Waals surface area contributed by atoms with Crippen LogP contribution in [0.4, 0.5) is 30.7 Å². The van der Waals surface area contributed by atoms with Gasteiger partial charge in [-0.3, -0.25) is 0 Å². The van der Waals surface area contributed by atoms with Crippen molar-refractivity contribution >= 4 is 0 Å². The highest BCUT2D eigenvalue weighted by molar-refractivity contribution is 5.33. The smallest absolute Gasteiger partial charge is 0.429 e. The van der Waals surface area contributed by atoms with E-state index in [0.29, 0.717) is 18.8 Å². The fourth-order valence-corrected chi connectivity index (χ4v) is 5.20. The first kappa shape index (κ1) is 32.2. The van der Waals surface area contributed by atoms with Gasteiger partial charge in [-0.05, 0) is 48.4 Å². The first-order chi connectivity index (χ1) is 21.1. The average Bonchev–Trinajstić information content (AvgIpc) is 3.00. The first-order valence-electron chi connectivity index (χ1n) is 14.3. The van der Waals surface area contributed by atoms with Gasteiger partial charge in [0.2, 0.25) is 0 Å². The maximum atomic E-state index is 15.0. The molecule has 2 aliphatic heterocycles. The molecule has 3 aromatic rings. The van der Waals surface area contributed by atoms with Crippen LogP contribution < -0.4 is 4.74 Å². The second kappa shape index (κ2) is 13.8. The minimum atomic E-state index is -4.35. The molecule has 0 unspecified atom stereocenters. The molecule has 5 rings (SSSR count). The number of rotatable bonds is 10. The second-order valence-corrected chi connectivity index (χ2v) is 10.9. The van der Waals surface area contributed by atoms with Crippen molar-refractivity contribution in [2.24, 2.45) is 5.92 Å². The molecular weight excluding hydrogens is 597 g/mol. The Kier molecular flexibility index (Phi) is 10.1. The fourth-order valence-electron chi connectivity index (χ4n) is 5.20. The number of halogens is 7. The zero-order chi connectivity index (χ0) is 31.4. The molecule has 238 valence electrons. The van der Waals surface area contributed by atoms with E-state index in [0.717, 1.165) is 49.9 Å². The van der Waals surface area contributed by atoms with Crippen LogP contribution in [0, 0.1) is 35.0 Å². The molecule has 0 N–H and O–H groups in total. The summed E-state index contributed by atoms with van der Waals surface area (Å²) in [6, 6.07) is 8.36. The maximum absolute atomic E-state index is 15.0. The van der Waals surface area contributed by atoms with Crippen LogP contribution in [0.5, 0.6) is 5.75 Å². The van der Waals surface area contributed by atoms with E-state index < -0.39 is 53.3 Å². The summed E-state index contributed by atoms with van der Waals surface area (Å²) in [6.45, 7) is 2.85. The second-order valence-electron chi connectivity index (χ2n) is 10.9. The summed E-state index contributed by atoms with van der Waals surface area (Å²) in [4.78, 5) is 0. The Bertz CT molecular complexity index is 1370. The van der Waals surface area contributed by atoms with E-state index in [2.05, 4.69) is 6.92 Å². The van der Waals surface area contributed by atoms with E-state index in [1.165, 1.54) is 24.3 Å². The Hall–Kier alpha value is -3.19. The van der Waals surface area contributed by atoms with Crippen molar-refractivity contribution in [1.82, 2.24) is 0 Å². The summed E-state index contributed by atoms with van der Waals surface area (Å²) >= 11 is 0. The van der Waals surface area contributed by atoms with Crippen LogP contribution in [0.25, 0.3) is 0 Å². The predicted molar refractivity (Wildman–Crippen MR) is 143 cm³/mol. The van der Waals surface area contributed by atoms with Crippen LogP contribution in [-0.2, 0) is 25.1 Å². The minimum Gasteiger partial charge on any atom is -0.429 e. The Balaban J connectivity index is 1.18. The molecule has 0 aromatic heterocycles. The summed E-state index contributed by atoms with van der Waals surface area (Å²) in [5, 5.41) is 0. The number of unbranched alkanes of at least 4 members (excludes halogenated alkanes) is 2. The normalized spacial score (nSPS) is 22.6. The van der Waals surface area contributed by atoms with Gasteiger partial charge in [0.25, 0.3) is 0 Å². The Morgan fingerprint density at radius 2 is 1.18 bits per heavy atom. The molecule has 12 heteroatoms. The van der Waals surface area contributed by atoms with E-state index in [1.54, 1.807) is 0 Å². The van der Waals surface area contributed by atoms with Gasteiger partial charge in [-0.1, -0.05) is 38.3 Å². The fraction of sp³-hybridized carbons (Fsp3) is 0.438. The molecule has 2 saturated heterocycles. The molecule has 2 aliphatic rings. The van der Waals surface area contributed by atoms with Gasteiger partial charge in [-0.25, -0.2) is 22.0 Å². The SMILES string of the molecule is CCCCCC1COC(c2cc(F)c(C(F)(F)Oc3ccc(C4COC(c5cc(F)c(F)c(F)c5)OC4)cc3)c(F)c2)OC1. The Labute approximate surface area is 249 Å². The van der Waals surface area contributed by atoms with Gasteiger partial charge < -0.3 is 23.7 Å². The molecule has 0 amide bonds. The molecule has 3 aromatic carbocycles. The third-order valence-corrected chi connectivity index (χ3v) is 7.58. The third-order valence-electron chi connectivity index (χ3n) is 7.58. The Morgan fingerprint density at radius 1 is 0.682 bits per heavy atom. The molecule has 5 nitrogen and oxygen atoms in total. The Morgan fingerprint density at radius 3 is 1.70 bits per heavy atom. The maximum Gasteiger partial charge on any atom is 0.432 e. The number of hydrogen-bond acceptors (Lipinski definition) is 5. The van der Waals surface area contributed by atoms with Crippen molar-refractivity contribution in [1.29, 1.82) is 0 Å². The molecule has 0 saturated carbocycles. The van der Waals surface area contributed by atoms with E-state index in [1.807, 2.05) is 0 Å². The van der Waals surface area contributed by atoms with Crippen LogP contribution in [-0.4, -0.2) is 26.4 Å². The largest absolute Gasteiger partial charge is 0.432 e. The lowest BCUT2D eigenvalue weighted by Crippen LogP contribution is -2.28. The number of ether oxygens (including phenoxy) is 5. The van der Waals surface area contributed by atoms with Gasteiger partial charge in [0, 0.05) is 23.0 Å². The van der Waals surface area contributed by atoms with Gasteiger partial charge >= 0.3 is 6.11 Å². The quantitative estimate of drug-likeness (QED) is 0.128. The van der Waals surface area contributed by atoms with Gasteiger partial charge in [-0.15, -0.1) is 0 Å². The van der Waals surface area contributed by atoms with Crippen LogP contribution in [0.2, 0.25) is 0 Å². The molecule has 0 spiro atoms. The topological polar surface area (TPSA) is 46.2 Å². The lowest BCUT2D eigenvalue weighted by atomic mass is 10.00. The number of benzene rings is 3. The number of alkyl halides is 2. The van der Waals surface area contributed by atoms with E-state index >= 15 is 0 Å².